The van der Waals surface area contributed by atoms with E-state index in [0.717, 1.165) is 11.3 Å². The molecule has 0 radical (unpaired) electrons. The van der Waals surface area contributed by atoms with Crippen molar-refractivity contribution in [3.8, 4) is 5.75 Å². The summed E-state index contributed by atoms with van der Waals surface area (Å²) in [5.74, 6) is 0.795. The second-order valence-electron chi connectivity index (χ2n) is 5.00. The van der Waals surface area contributed by atoms with Crippen molar-refractivity contribution in [2.24, 2.45) is 5.92 Å². The van der Waals surface area contributed by atoms with Gasteiger partial charge in [0.25, 0.3) is 0 Å². The molecule has 1 unspecified atom stereocenters. The van der Waals surface area contributed by atoms with Gasteiger partial charge in [0.2, 0.25) is 11.8 Å². The zero-order chi connectivity index (χ0) is 15.2. The average molecular weight is 311 g/mol. The largest absolute Gasteiger partial charge is 0.497 e. The maximum atomic E-state index is 12.0. The molecule has 1 aliphatic rings. The van der Waals surface area contributed by atoms with Crippen LogP contribution in [0.4, 0.5) is 0 Å². The molecule has 1 saturated heterocycles. The van der Waals surface area contributed by atoms with Crippen LogP contribution in [0.5, 0.6) is 5.75 Å². The lowest BCUT2D eigenvalue weighted by molar-refractivity contribution is -0.129. The fourth-order valence-corrected chi connectivity index (χ4v) is 2.46. The number of hydrogen-bond donors (Lipinski definition) is 1. The van der Waals surface area contributed by atoms with Crippen LogP contribution in [0.2, 0.25) is 0 Å². The van der Waals surface area contributed by atoms with Gasteiger partial charge in [0.15, 0.2) is 0 Å². The molecule has 21 heavy (non-hydrogen) atoms. The first-order valence-electron chi connectivity index (χ1n) is 6.88. The van der Waals surface area contributed by atoms with Crippen LogP contribution in [0.15, 0.2) is 24.3 Å². The van der Waals surface area contributed by atoms with E-state index in [1.54, 1.807) is 12.0 Å². The molecule has 2 amide bonds. The minimum absolute atomic E-state index is 0.0110. The smallest absolute Gasteiger partial charge is 0.225 e. The average Bonchev–Trinajstić information content (AvgIpc) is 2.87. The van der Waals surface area contributed by atoms with Gasteiger partial charge >= 0.3 is 0 Å². The highest BCUT2D eigenvalue weighted by atomic mass is 35.5. The third-order valence-corrected chi connectivity index (χ3v) is 3.70. The van der Waals surface area contributed by atoms with Gasteiger partial charge in [-0.15, -0.1) is 11.6 Å². The molecular weight excluding hydrogens is 292 g/mol. The number of carbonyl (C=O) groups is 2. The number of likely N-dealkylation sites (tertiary alicyclic amines) is 1. The maximum absolute atomic E-state index is 12.0. The topological polar surface area (TPSA) is 58.6 Å². The minimum atomic E-state index is -0.279. The number of hydrogen-bond acceptors (Lipinski definition) is 3. The first-order chi connectivity index (χ1) is 10.1. The van der Waals surface area contributed by atoms with Gasteiger partial charge in [-0.2, -0.15) is 0 Å². The van der Waals surface area contributed by atoms with Crippen LogP contribution in [0.1, 0.15) is 12.0 Å². The second kappa shape index (κ2) is 7.31. The molecule has 1 aromatic carbocycles. The Morgan fingerprint density at radius 1 is 1.43 bits per heavy atom. The van der Waals surface area contributed by atoms with E-state index in [2.05, 4.69) is 5.32 Å². The molecule has 1 fully saturated rings. The van der Waals surface area contributed by atoms with Crippen LogP contribution in [0.25, 0.3) is 0 Å². The number of rotatable bonds is 6. The Morgan fingerprint density at radius 2 is 2.14 bits per heavy atom. The summed E-state index contributed by atoms with van der Waals surface area (Å²) in [6.45, 7) is 1.41. The predicted octanol–water partition coefficient (Wildman–Crippen LogP) is 1.40. The SMILES string of the molecule is COc1ccc(CN2CC(C(=O)NCCCl)CC2=O)cc1. The van der Waals surface area contributed by atoms with Crippen molar-refractivity contribution < 1.29 is 14.3 Å². The molecule has 1 N–H and O–H groups in total. The van der Waals surface area contributed by atoms with Gasteiger partial charge in [-0.25, -0.2) is 0 Å². The van der Waals surface area contributed by atoms with Crippen molar-refractivity contribution in [2.75, 3.05) is 26.1 Å². The van der Waals surface area contributed by atoms with Crippen LogP contribution in [0.3, 0.4) is 0 Å². The third kappa shape index (κ3) is 4.11. The number of ether oxygens (including phenoxy) is 1. The van der Waals surface area contributed by atoms with E-state index in [1.165, 1.54) is 0 Å². The van der Waals surface area contributed by atoms with E-state index < -0.39 is 0 Å². The van der Waals surface area contributed by atoms with E-state index in [-0.39, 0.29) is 24.2 Å². The lowest BCUT2D eigenvalue weighted by Gasteiger charge is -2.16. The summed E-state index contributed by atoms with van der Waals surface area (Å²) in [6.07, 6.45) is 0.268. The summed E-state index contributed by atoms with van der Waals surface area (Å²) in [6, 6.07) is 7.57. The van der Waals surface area contributed by atoms with Crippen molar-refractivity contribution in [3.05, 3.63) is 29.8 Å². The first kappa shape index (κ1) is 15.6. The molecule has 0 saturated carbocycles. The molecule has 0 aliphatic carbocycles. The highest BCUT2D eigenvalue weighted by Gasteiger charge is 2.33. The first-order valence-corrected chi connectivity index (χ1v) is 7.42. The lowest BCUT2D eigenvalue weighted by atomic mass is 10.1. The Kier molecular flexibility index (Phi) is 5.44. The molecule has 1 aliphatic heterocycles. The number of amides is 2. The summed E-state index contributed by atoms with van der Waals surface area (Å²) in [4.78, 5) is 25.6. The molecule has 1 aromatic rings. The van der Waals surface area contributed by atoms with Crippen molar-refractivity contribution in [3.63, 3.8) is 0 Å². The maximum Gasteiger partial charge on any atom is 0.225 e. The van der Waals surface area contributed by atoms with Gasteiger partial charge in [0.05, 0.1) is 13.0 Å². The Hall–Kier alpha value is -1.75. The van der Waals surface area contributed by atoms with Crippen molar-refractivity contribution in [2.45, 2.75) is 13.0 Å². The number of nitrogens with zero attached hydrogens (tertiary/aromatic N) is 1. The molecule has 114 valence electrons. The number of carbonyl (C=O) groups excluding carboxylic acids is 2. The summed E-state index contributed by atoms with van der Waals surface area (Å²) < 4.78 is 5.10. The van der Waals surface area contributed by atoms with Crippen molar-refractivity contribution >= 4 is 23.4 Å². The molecule has 1 heterocycles. The summed E-state index contributed by atoms with van der Waals surface area (Å²) in [5.41, 5.74) is 1.02. The minimum Gasteiger partial charge on any atom is -0.497 e. The van der Waals surface area contributed by atoms with Gasteiger partial charge < -0.3 is 15.0 Å². The molecule has 0 aromatic heterocycles. The summed E-state index contributed by atoms with van der Waals surface area (Å²) in [5, 5.41) is 2.73. The second-order valence-corrected chi connectivity index (χ2v) is 5.38. The summed E-state index contributed by atoms with van der Waals surface area (Å²) in [7, 11) is 1.61. The van der Waals surface area contributed by atoms with Crippen molar-refractivity contribution in [1.82, 2.24) is 10.2 Å². The van der Waals surface area contributed by atoms with E-state index in [1.807, 2.05) is 24.3 Å². The fourth-order valence-electron chi connectivity index (χ4n) is 2.37. The van der Waals surface area contributed by atoms with Crippen LogP contribution in [-0.4, -0.2) is 42.8 Å². The number of halogens is 1. The van der Waals surface area contributed by atoms with E-state index in [4.69, 9.17) is 16.3 Å². The third-order valence-electron chi connectivity index (χ3n) is 3.51. The Bertz CT molecular complexity index is 504. The lowest BCUT2D eigenvalue weighted by Crippen LogP contribution is -2.33. The number of nitrogens with one attached hydrogen (secondary N) is 1. The molecule has 2 rings (SSSR count). The Morgan fingerprint density at radius 3 is 2.76 bits per heavy atom. The highest BCUT2D eigenvalue weighted by molar-refractivity contribution is 6.18. The van der Waals surface area contributed by atoms with Crippen LogP contribution < -0.4 is 10.1 Å². The molecule has 6 heteroatoms. The number of methoxy groups -OCH3 is 1. The van der Waals surface area contributed by atoms with E-state index in [9.17, 15) is 9.59 Å². The number of alkyl halides is 1. The van der Waals surface area contributed by atoms with Gasteiger partial charge in [-0.1, -0.05) is 12.1 Å². The standard InChI is InChI=1S/C15H19ClN2O3/c1-21-13-4-2-11(3-5-13)9-18-10-12(8-14(18)19)15(20)17-7-6-16/h2-5,12H,6-10H2,1H3,(H,17,20). The Balaban J connectivity index is 1.92. The predicted molar refractivity (Wildman–Crippen MR) is 80.2 cm³/mol. The van der Waals surface area contributed by atoms with Crippen LogP contribution >= 0.6 is 11.6 Å². The quantitative estimate of drug-likeness (QED) is 0.808. The molecule has 0 bridgehead atoms. The fraction of sp³-hybridized carbons (Fsp3) is 0.467. The molecule has 1 atom stereocenters. The molecular formula is C15H19ClN2O3. The van der Waals surface area contributed by atoms with Gasteiger partial charge in [-0.05, 0) is 17.7 Å². The zero-order valence-electron chi connectivity index (χ0n) is 12.0. The monoisotopic (exact) mass is 310 g/mol. The Labute approximate surface area is 129 Å². The molecule has 5 nitrogen and oxygen atoms in total. The van der Waals surface area contributed by atoms with Crippen LogP contribution in [-0.2, 0) is 16.1 Å². The van der Waals surface area contributed by atoms with Gasteiger partial charge in [0, 0.05) is 31.9 Å². The summed E-state index contributed by atoms with van der Waals surface area (Å²) >= 11 is 5.54. The van der Waals surface area contributed by atoms with E-state index in [0.29, 0.717) is 25.5 Å². The highest BCUT2D eigenvalue weighted by Crippen LogP contribution is 2.21. The van der Waals surface area contributed by atoms with Crippen LogP contribution in [0, 0.1) is 5.92 Å². The number of benzene rings is 1. The van der Waals surface area contributed by atoms with E-state index >= 15 is 0 Å². The van der Waals surface area contributed by atoms with Gasteiger partial charge in [-0.3, -0.25) is 9.59 Å². The van der Waals surface area contributed by atoms with Crippen molar-refractivity contribution in [1.29, 1.82) is 0 Å². The normalized spacial score (nSPS) is 17.9. The zero-order valence-corrected chi connectivity index (χ0v) is 12.7. The molecule has 0 spiro atoms. The van der Waals surface area contributed by atoms with Gasteiger partial charge in [0.1, 0.15) is 5.75 Å².